The molecule has 0 spiro atoms. The second-order valence-corrected chi connectivity index (χ2v) is 8.87. The Morgan fingerprint density at radius 2 is 1.78 bits per heavy atom. The predicted octanol–water partition coefficient (Wildman–Crippen LogP) is 4.26. The molecule has 2 aromatic carbocycles. The quantitative estimate of drug-likeness (QED) is 0.266. The Balaban J connectivity index is 1.76. The molecule has 2 aromatic rings. The van der Waals surface area contributed by atoms with Crippen molar-refractivity contribution in [1.29, 1.82) is 0 Å². The molecule has 0 bridgehead atoms. The van der Waals surface area contributed by atoms with E-state index < -0.39 is 34.5 Å². The van der Waals surface area contributed by atoms with E-state index in [0.29, 0.717) is 18.4 Å². The fourth-order valence-corrected chi connectivity index (χ4v) is 4.47. The van der Waals surface area contributed by atoms with Crippen LogP contribution in [-0.2, 0) is 16.1 Å². The lowest BCUT2D eigenvalue weighted by atomic mass is 9.82. The van der Waals surface area contributed by atoms with Gasteiger partial charge in [0.1, 0.15) is 5.56 Å². The van der Waals surface area contributed by atoms with Gasteiger partial charge in [0.2, 0.25) is 0 Å². The summed E-state index contributed by atoms with van der Waals surface area (Å²) in [4.78, 5) is 50.9. The highest BCUT2D eigenvalue weighted by Gasteiger charge is 2.51. The number of imide groups is 1. The number of nitrogens with zero attached hydrogens (tertiary/aromatic N) is 3. The smallest absolute Gasteiger partial charge is 0.272 e. The van der Waals surface area contributed by atoms with Crippen LogP contribution in [0.5, 0.6) is 0 Å². The van der Waals surface area contributed by atoms with Gasteiger partial charge in [-0.2, -0.15) is 5.01 Å². The number of rotatable bonds is 5. The van der Waals surface area contributed by atoms with Crippen molar-refractivity contribution in [2.45, 2.75) is 26.3 Å². The highest BCUT2D eigenvalue weighted by atomic mass is 79.9. The minimum atomic E-state index is -0.773. The lowest BCUT2D eigenvalue weighted by Gasteiger charge is -2.30. The molecule has 1 fully saturated rings. The number of hydrazine groups is 1. The third-order valence-corrected chi connectivity index (χ3v) is 6.38. The number of amides is 3. The van der Waals surface area contributed by atoms with Crippen LogP contribution in [0.25, 0.3) is 0 Å². The van der Waals surface area contributed by atoms with Gasteiger partial charge in [-0.1, -0.05) is 51.8 Å². The number of nitro benzene ring substituents is 1. The predicted molar refractivity (Wildman–Crippen MR) is 119 cm³/mol. The number of nitro groups is 1. The molecule has 2 atom stereocenters. The van der Waals surface area contributed by atoms with E-state index in [0.717, 1.165) is 20.1 Å². The maximum Gasteiger partial charge on any atom is 0.282 e. The summed E-state index contributed by atoms with van der Waals surface area (Å²) in [5.41, 5.74) is 1.13. The van der Waals surface area contributed by atoms with E-state index in [1.165, 1.54) is 24.3 Å². The van der Waals surface area contributed by atoms with Gasteiger partial charge in [-0.3, -0.25) is 24.5 Å². The van der Waals surface area contributed by atoms with Crippen molar-refractivity contribution in [1.82, 2.24) is 10.0 Å². The molecule has 9 heteroatoms. The Hall–Kier alpha value is -3.33. The number of carbonyl (C=O) groups is 3. The van der Waals surface area contributed by atoms with Crippen molar-refractivity contribution in [2.75, 3.05) is 0 Å². The van der Waals surface area contributed by atoms with Crippen molar-refractivity contribution in [2.24, 2.45) is 11.8 Å². The number of hydrogen-bond donors (Lipinski definition) is 0. The van der Waals surface area contributed by atoms with Gasteiger partial charge >= 0.3 is 0 Å². The zero-order valence-electron chi connectivity index (χ0n) is 17.2. The third-order valence-electron chi connectivity index (χ3n) is 5.85. The third kappa shape index (κ3) is 3.95. The Bertz CT molecular complexity index is 1140. The molecular weight excluding hydrogens is 478 g/mol. The summed E-state index contributed by atoms with van der Waals surface area (Å²) >= 11 is 3.36. The van der Waals surface area contributed by atoms with Crippen LogP contribution in [0.2, 0.25) is 0 Å². The summed E-state index contributed by atoms with van der Waals surface area (Å²) in [5.74, 6) is -2.73. The first-order valence-corrected chi connectivity index (χ1v) is 10.9. The first-order valence-electron chi connectivity index (χ1n) is 10.1. The standard InChI is InChI=1S/C23H20BrN3O5/c1-14-6-11-17-19(12-14)23(30)26(22(17)29)25(13-15-7-9-16(24)10-8-15)21(28)18-4-2-3-5-20(18)27(31)32/h2-10,17,19H,11-13H2,1H3/t17-,19+/m1/s1. The Labute approximate surface area is 192 Å². The minimum Gasteiger partial charge on any atom is -0.272 e. The van der Waals surface area contributed by atoms with Gasteiger partial charge in [-0.25, -0.2) is 5.01 Å². The Morgan fingerprint density at radius 3 is 2.47 bits per heavy atom. The zero-order valence-corrected chi connectivity index (χ0v) is 18.8. The number of halogens is 1. The molecule has 32 heavy (non-hydrogen) atoms. The minimum absolute atomic E-state index is 0.0819. The number of para-hydroxylation sites is 1. The largest absolute Gasteiger partial charge is 0.282 e. The molecule has 1 heterocycles. The summed E-state index contributed by atoms with van der Waals surface area (Å²) in [6.07, 6.45) is 2.83. The zero-order chi connectivity index (χ0) is 23.0. The van der Waals surface area contributed by atoms with E-state index in [2.05, 4.69) is 15.9 Å². The molecule has 0 aromatic heterocycles. The van der Waals surface area contributed by atoms with Gasteiger partial charge in [0.25, 0.3) is 23.4 Å². The van der Waals surface area contributed by atoms with Crippen LogP contribution in [0.3, 0.4) is 0 Å². The van der Waals surface area contributed by atoms with Crippen molar-refractivity contribution < 1.29 is 19.3 Å². The van der Waals surface area contributed by atoms with Crippen LogP contribution in [-0.4, -0.2) is 32.7 Å². The van der Waals surface area contributed by atoms with E-state index in [1.54, 1.807) is 24.3 Å². The van der Waals surface area contributed by atoms with E-state index >= 15 is 0 Å². The average molecular weight is 498 g/mol. The average Bonchev–Trinajstić information content (AvgIpc) is 3.02. The summed E-state index contributed by atoms with van der Waals surface area (Å²) < 4.78 is 0.832. The molecule has 0 unspecified atom stereocenters. The second kappa shape index (κ2) is 8.66. The number of allylic oxidation sites excluding steroid dienone is 2. The van der Waals surface area contributed by atoms with Gasteiger partial charge in [-0.05, 0) is 43.5 Å². The van der Waals surface area contributed by atoms with Gasteiger partial charge in [0.05, 0.1) is 23.3 Å². The lowest BCUT2D eigenvalue weighted by molar-refractivity contribution is -0.385. The number of fused-ring (bicyclic) bond motifs is 1. The molecular formula is C23H20BrN3O5. The number of carbonyl (C=O) groups excluding carboxylic acids is 3. The monoisotopic (exact) mass is 497 g/mol. The van der Waals surface area contributed by atoms with E-state index in [1.807, 2.05) is 13.0 Å². The molecule has 0 radical (unpaired) electrons. The van der Waals surface area contributed by atoms with Gasteiger partial charge in [-0.15, -0.1) is 0 Å². The van der Waals surface area contributed by atoms with Crippen LogP contribution in [0.4, 0.5) is 5.69 Å². The molecule has 0 saturated carbocycles. The van der Waals surface area contributed by atoms with Crippen molar-refractivity contribution in [3.63, 3.8) is 0 Å². The van der Waals surface area contributed by atoms with Gasteiger partial charge < -0.3 is 0 Å². The first-order chi connectivity index (χ1) is 15.3. The van der Waals surface area contributed by atoms with E-state index in [4.69, 9.17) is 0 Å². The van der Waals surface area contributed by atoms with Crippen molar-refractivity contribution >= 4 is 39.3 Å². The Morgan fingerprint density at radius 1 is 1.12 bits per heavy atom. The lowest BCUT2D eigenvalue weighted by Crippen LogP contribution is -2.50. The highest BCUT2D eigenvalue weighted by Crippen LogP contribution is 2.39. The molecule has 0 N–H and O–H groups in total. The summed E-state index contributed by atoms with van der Waals surface area (Å²) in [5, 5.41) is 13.5. The van der Waals surface area contributed by atoms with Crippen LogP contribution in [0.15, 0.2) is 64.7 Å². The maximum absolute atomic E-state index is 13.5. The molecule has 8 nitrogen and oxygen atoms in total. The van der Waals surface area contributed by atoms with Gasteiger partial charge in [0, 0.05) is 10.5 Å². The molecule has 4 rings (SSSR count). The normalized spacial score (nSPS) is 20.1. The number of hydrogen-bond acceptors (Lipinski definition) is 5. The summed E-state index contributed by atoms with van der Waals surface area (Å²) in [6.45, 7) is 1.83. The molecule has 3 amide bonds. The first kappa shape index (κ1) is 21.9. The highest BCUT2D eigenvalue weighted by molar-refractivity contribution is 9.10. The Kier molecular flexibility index (Phi) is 5.92. The molecule has 2 aliphatic rings. The van der Waals surface area contributed by atoms with Crippen LogP contribution in [0, 0.1) is 22.0 Å². The van der Waals surface area contributed by atoms with Gasteiger partial charge in [0.15, 0.2) is 0 Å². The molecule has 1 aliphatic heterocycles. The topological polar surface area (TPSA) is 101 Å². The van der Waals surface area contributed by atoms with E-state index in [9.17, 15) is 24.5 Å². The van der Waals surface area contributed by atoms with Crippen LogP contribution >= 0.6 is 15.9 Å². The number of benzene rings is 2. The van der Waals surface area contributed by atoms with Crippen LogP contribution in [0.1, 0.15) is 35.7 Å². The maximum atomic E-state index is 13.5. The molecule has 164 valence electrons. The fourth-order valence-electron chi connectivity index (χ4n) is 4.21. The summed E-state index contributed by atoms with van der Waals surface area (Å²) in [6, 6.07) is 12.6. The van der Waals surface area contributed by atoms with Crippen molar-refractivity contribution in [3.05, 3.63) is 85.9 Å². The second-order valence-electron chi connectivity index (χ2n) is 7.96. The molecule has 1 aliphatic carbocycles. The SMILES string of the molecule is CC1=CC[C@H]2C(=O)N(N(Cc3ccc(Br)cc3)C(=O)c3ccccc3[N+](=O)[O-])C(=O)[C@H]2C1. The fraction of sp³-hybridized carbons (Fsp3) is 0.261. The van der Waals surface area contributed by atoms with E-state index in [-0.39, 0.29) is 17.8 Å². The molecule has 1 saturated heterocycles. The van der Waals surface area contributed by atoms with Crippen molar-refractivity contribution in [3.8, 4) is 0 Å². The summed E-state index contributed by atoms with van der Waals surface area (Å²) in [7, 11) is 0. The van der Waals surface area contributed by atoms with Crippen LogP contribution < -0.4 is 0 Å².